The molecule has 0 bridgehead atoms. The van der Waals surface area contributed by atoms with Crippen LogP contribution in [-0.2, 0) is 5.41 Å². The van der Waals surface area contributed by atoms with Gasteiger partial charge in [-0.15, -0.1) is 0 Å². The number of hydrogen-bond acceptors (Lipinski definition) is 2. The van der Waals surface area contributed by atoms with E-state index in [1.807, 2.05) is 0 Å². The average molecular weight is 794 g/mol. The van der Waals surface area contributed by atoms with Crippen molar-refractivity contribution in [1.29, 1.82) is 0 Å². The first-order valence-electron chi connectivity index (χ1n) is 21.5. The second kappa shape index (κ2) is 14.1. The number of benzene rings is 10. The van der Waals surface area contributed by atoms with Crippen molar-refractivity contribution < 1.29 is 0 Å². The van der Waals surface area contributed by atoms with E-state index in [-0.39, 0.29) is 5.41 Å². The molecule has 0 saturated carbocycles. The zero-order valence-electron chi connectivity index (χ0n) is 34.7. The number of H-pyrrole nitrogens is 1. The molecular formula is C59H43N3. The molecular weight excluding hydrogens is 751 g/mol. The predicted molar refractivity (Wildman–Crippen MR) is 263 cm³/mol. The molecule has 1 aromatic heterocycles. The summed E-state index contributed by atoms with van der Waals surface area (Å²) >= 11 is 0. The Balaban J connectivity index is 0.949. The van der Waals surface area contributed by atoms with Gasteiger partial charge in [0, 0.05) is 61.4 Å². The number of aromatic nitrogens is 1. The van der Waals surface area contributed by atoms with Gasteiger partial charge in [-0.25, -0.2) is 0 Å². The molecule has 0 unspecified atom stereocenters. The molecule has 0 spiro atoms. The molecule has 11 aromatic rings. The average Bonchev–Trinajstić information content (AvgIpc) is 3.80. The summed E-state index contributed by atoms with van der Waals surface area (Å²) in [6, 6.07) is 79.8. The number of anilines is 6. The van der Waals surface area contributed by atoms with Crippen LogP contribution >= 0.6 is 0 Å². The van der Waals surface area contributed by atoms with Gasteiger partial charge in [0.05, 0.1) is 5.52 Å². The fraction of sp³-hybridized carbons (Fsp3) is 0.0508. The van der Waals surface area contributed by atoms with E-state index in [2.05, 4.69) is 247 Å². The van der Waals surface area contributed by atoms with Gasteiger partial charge in [-0.3, -0.25) is 0 Å². The van der Waals surface area contributed by atoms with E-state index in [0.29, 0.717) is 0 Å². The first kappa shape index (κ1) is 36.0. The Bertz CT molecular complexity index is 3390. The molecule has 1 aliphatic rings. The van der Waals surface area contributed by atoms with Gasteiger partial charge in [0.1, 0.15) is 0 Å². The first-order valence-corrected chi connectivity index (χ1v) is 21.5. The summed E-state index contributed by atoms with van der Waals surface area (Å²) in [5.74, 6) is 0. The molecule has 3 heteroatoms. The van der Waals surface area contributed by atoms with Gasteiger partial charge in [0.2, 0.25) is 0 Å². The van der Waals surface area contributed by atoms with Gasteiger partial charge in [-0.2, -0.15) is 0 Å². The highest BCUT2D eigenvalue weighted by atomic mass is 15.1. The van der Waals surface area contributed by atoms with Gasteiger partial charge < -0.3 is 14.8 Å². The summed E-state index contributed by atoms with van der Waals surface area (Å²) < 4.78 is 0. The molecule has 0 amide bonds. The lowest BCUT2D eigenvalue weighted by atomic mass is 9.81. The molecule has 10 aromatic carbocycles. The number of nitrogens with one attached hydrogen (secondary N) is 1. The van der Waals surface area contributed by atoms with Crippen molar-refractivity contribution in [3.8, 4) is 22.3 Å². The molecule has 0 radical (unpaired) electrons. The summed E-state index contributed by atoms with van der Waals surface area (Å²) in [6.45, 7) is 4.75. The highest BCUT2D eigenvalue weighted by Crippen LogP contribution is 2.52. The zero-order chi connectivity index (χ0) is 41.4. The third kappa shape index (κ3) is 5.81. The van der Waals surface area contributed by atoms with Crippen LogP contribution < -0.4 is 9.80 Å². The van der Waals surface area contributed by atoms with E-state index < -0.39 is 0 Å². The predicted octanol–water partition coefficient (Wildman–Crippen LogP) is 16.5. The minimum absolute atomic E-state index is 0.200. The van der Waals surface area contributed by atoms with Gasteiger partial charge in [-0.1, -0.05) is 147 Å². The molecule has 0 atom stereocenters. The molecule has 0 aliphatic heterocycles. The summed E-state index contributed by atoms with van der Waals surface area (Å²) in [4.78, 5) is 8.62. The molecule has 1 heterocycles. The number of fused-ring (bicyclic) bond motifs is 8. The smallest absolute Gasteiger partial charge is 0.0544 e. The van der Waals surface area contributed by atoms with Crippen molar-refractivity contribution in [2.45, 2.75) is 19.3 Å². The highest BCUT2D eigenvalue weighted by molar-refractivity contribution is 6.13. The van der Waals surface area contributed by atoms with Gasteiger partial charge in [0.15, 0.2) is 0 Å². The quantitative estimate of drug-likeness (QED) is 0.174. The molecule has 1 aliphatic carbocycles. The van der Waals surface area contributed by atoms with Crippen LogP contribution in [0.4, 0.5) is 34.1 Å². The maximum Gasteiger partial charge on any atom is 0.0544 e. The van der Waals surface area contributed by atoms with E-state index in [9.17, 15) is 0 Å². The second-order valence-corrected chi connectivity index (χ2v) is 17.1. The number of nitrogens with zero attached hydrogens (tertiary/aromatic N) is 2. The van der Waals surface area contributed by atoms with Crippen molar-refractivity contribution in [3.63, 3.8) is 0 Å². The lowest BCUT2D eigenvalue weighted by Crippen LogP contribution is -2.16. The normalized spacial score (nSPS) is 12.8. The molecule has 0 fully saturated rings. The topological polar surface area (TPSA) is 22.3 Å². The van der Waals surface area contributed by atoms with Crippen LogP contribution in [0.1, 0.15) is 25.0 Å². The summed E-state index contributed by atoms with van der Waals surface area (Å²) in [6.07, 6.45) is 0. The largest absolute Gasteiger partial charge is 0.354 e. The van der Waals surface area contributed by atoms with Gasteiger partial charge in [-0.05, 0) is 134 Å². The number of hydrogen-bond donors (Lipinski definition) is 1. The van der Waals surface area contributed by atoms with Crippen LogP contribution in [0.15, 0.2) is 218 Å². The SMILES string of the molecule is CC1(C)c2cc(-c3cccc4c3[nH]c3ccc(N(c5ccc6ccccc6c5)c5ccc6ccccc6c5)cc34)ccc2-c2ccc(N(c3ccccc3)c3ccccc3)cc21. The summed E-state index contributed by atoms with van der Waals surface area (Å²) in [7, 11) is 0. The Morgan fingerprint density at radius 1 is 0.339 bits per heavy atom. The molecule has 294 valence electrons. The number of aromatic amines is 1. The van der Waals surface area contributed by atoms with Crippen LogP contribution in [0, 0.1) is 0 Å². The zero-order valence-corrected chi connectivity index (χ0v) is 34.7. The third-order valence-corrected chi connectivity index (χ3v) is 13.1. The fourth-order valence-electron chi connectivity index (χ4n) is 10.0. The Morgan fingerprint density at radius 3 is 1.48 bits per heavy atom. The lowest BCUT2D eigenvalue weighted by molar-refractivity contribution is 0.660. The van der Waals surface area contributed by atoms with Gasteiger partial charge >= 0.3 is 0 Å². The monoisotopic (exact) mass is 793 g/mol. The van der Waals surface area contributed by atoms with Crippen LogP contribution in [0.25, 0.3) is 65.6 Å². The van der Waals surface area contributed by atoms with E-state index in [4.69, 9.17) is 0 Å². The van der Waals surface area contributed by atoms with Crippen LogP contribution in [-0.4, -0.2) is 4.98 Å². The molecule has 0 saturated heterocycles. The second-order valence-electron chi connectivity index (χ2n) is 17.1. The van der Waals surface area contributed by atoms with Crippen LogP contribution in [0.5, 0.6) is 0 Å². The Hall–Kier alpha value is -7.88. The third-order valence-electron chi connectivity index (χ3n) is 13.1. The maximum absolute atomic E-state index is 3.87. The Labute approximate surface area is 361 Å². The molecule has 1 N–H and O–H groups in total. The first-order chi connectivity index (χ1) is 30.5. The minimum atomic E-state index is -0.200. The number of rotatable bonds is 7. The van der Waals surface area contributed by atoms with E-state index in [1.165, 1.54) is 65.7 Å². The Kier molecular flexibility index (Phi) is 8.20. The van der Waals surface area contributed by atoms with Crippen LogP contribution in [0.3, 0.4) is 0 Å². The molecule has 3 nitrogen and oxygen atoms in total. The van der Waals surface area contributed by atoms with Crippen molar-refractivity contribution in [2.24, 2.45) is 0 Å². The molecule has 12 rings (SSSR count). The molecule has 62 heavy (non-hydrogen) atoms. The van der Waals surface area contributed by atoms with Crippen molar-refractivity contribution >= 4 is 77.5 Å². The lowest BCUT2D eigenvalue weighted by Gasteiger charge is -2.28. The summed E-state index contributed by atoms with van der Waals surface area (Å²) in [5, 5.41) is 7.32. The fourth-order valence-corrected chi connectivity index (χ4v) is 10.0. The van der Waals surface area contributed by atoms with Crippen LogP contribution in [0.2, 0.25) is 0 Å². The van der Waals surface area contributed by atoms with E-state index >= 15 is 0 Å². The standard InChI is InChI=1S/C59H43N3/c1-59(2)55-36-43(26-31-51(55)52-32-29-49(38-56(52)59)61(44-18-5-3-6-19-44)45-20-7-4-8-21-45)50-22-13-23-53-54-37-48(30-33-57(54)60-58(50)53)62(46-27-24-39-14-9-11-16-41(39)34-46)47-28-25-40-15-10-12-17-42(40)35-47/h3-38,60H,1-2H3. The maximum atomic E-state index is 3.87. The summed E-state index contributed by atoms with van der Waals surface area (Å²) in [5.41, 5.74) is 16.6. The van der Waals surface area contributed by atoms with Crippen molar-refractivity contribution in [1.82, 2.24) is 4.98 Å². The number of para-hydroxylation sites is 3. The van der Waals surface area contributed by atoms with E-state index in [0.717, 1.165) is 45.2 Å². The van der Waals surface area contributed by atoms with Crippen molar-refractivity contribution in [2.75, 3.05) is 9.80 Å². The minimum Gasteiger partial charge on any atom is -0.354 e. The van der Waals surface area contributed by atoms with E-state index in [1.54, 1.807) is 0 Å². The Morgan fingerprint density at radius 2 is 0.839 bits per heavy atom. The van der Waals surface area contributed by atoms with Crippen molar-refractivity contribution in [3.05, 3.63) is 230 Å². The van der Waals surface area contributed by atoms with Gasteiger partial charge in [0.25, 0.3) is 0 Å². The highest BCUT2D eigenvalue weighted by Gasteiger charge is 2.36.